The van der Waals surface area contributed by atoms with E-state index in [9.17, 15) is 4.79 Å². The lowest BCUT2D eigenvalue weighted by Crippen LogP contribution is -2.14. The lowest BCUT2D eigenvalue weighted by molar-refractivity contribution is 0.100. The van der Waals surface area contributed by atoms with Crippen LogP contribution in [0.1, 0.15) is 15.9 Å². The molecule has 0 bridgehead atoms. The van der Waals surface area contributed by atoms with Gasteiger partial charge < -0.3 is 16.8 Å². The van der Waals surface area contributed by atoms with Crippen LogP contribution in [0.2, 0.25) is 5.02 Å². The number of hydrogen-bond donors (Lipinski definition) is 3. The van der Waals surface area contributed by atoms with Crippen molar-refractivity contribution in [3.63, 3.8) is 0 Å². The van der Waals surface area contributed by atoms with Gasteiger partial charge in [-0.2, -0.15) is 0 Å². The van der Waals surface area contributed by atoms with Crippen LogP contribution >= 0.6 is 11.6 Å². The Kier molecular flexibility index (Phi) is 3.62. The Morgan fingerprint density at radius 2 is 2.00 bits per heavy atom. The second kappa shape index (κ2) is 5.20. The number of halogens is 1. The smallest absolute Gasteiger partial charge is 0.250 e. The summed E-state index contributed by atoms with van der Waals surface area (Å²) in [5, 5.41) is 3.62. The lowest BCUT2D eigenvalue weighted by Gasteiger charge is -2.14. The van der Waals surface area contributed by atoms with E-state index in [1.807, 2.05) is 19.1 Å². The van der Waals surface area contributed by atoms with Crippen molar-refractivity contribution in [1.82, 2.24) is 0 Å². The Hall–Kier alpha value is -2.20. The van der Waals surface area contributed by atoms with Crippen LogP contribution in [0.25, 0.3) is 0 Å². The summed E-state index contributed by atoms with van der Waals surface area (Å²) in [6.45, 7) is 1.95. The predicted octanol–water partition coefficient (Wildman–Crippen LogP) is 3.07. The van der Waals surface area contributed by atoms with Crippen molar-refractivity contribution in [2.24, 2.45) is 5.73 Å². The van der Waals surface area contributed by atoms with Crippen LogP contribution in [-0.4, -0.2) is 5.91 Å². The number of amides is 1. The van der Waals surface area contributed by atoms with Crippen molar-refractivity contribution in [2.45, 2.75) is 6.92 Å². The largest absolute Gasteiger partial charge is 0.397 e. The molecular weight excluding hydrogens is 262 g/mol. The molecule has 0 fully saturated rings. The summed E-state index contributed by atoms with van der Waals surface area (Å²) < 4.78 is 0. The topological polar surface area (TPSA) is 81.1 Å². The fourth-order valence-electron chi connectivity index (χ4n) is 1.78. The van der Waals surface area contributed by atoms with Gasteiger partial charge in [0, 0.05) is 0 Å². The highest BCUT2D eigenvalue weighted by atomic mass is 35.5. The number of carbonyl (C=O) groups excluding carboxylic acids is 1. The van der Waals surface area contributed by atoms with Gasteiger partial charge >= 0.3 is 0 Å². The lowest BCUT2D eigenvalue weighted by atomic mass is 10.1. The third kappa shape index (κ3) is 2.80. The van der Waals surface area contributed by atoms with Crippen molar-refractivity contribution in [3.8, 4) is 0 Å². The maximum absolute atomic E-state index is 11.4. The molecule has 0 unspecified atom stereocenters. The minimum atomic E-state index is -0.543. The molecular formula is C14H14ClN3O. The molecule has 0 aliphatic heterocycles. The highest BCUT2D eigenvalue weighted by Crippen LogP contribution is 2.31. The molecule has 0 spiro atoms. The second-order valence-corrected chi connectivity index (χ2v) is 4.65. The Morgan fingerprint density at radius 3 is 2.68 bits per heavy atom. The molecule has 98 valence electrons. The molecule has 5 heteroatoms. The zero-order valence-corrected chi connectivity index (χ0v) is 11.2. The monoisotopic (exact) mass is 275 g/mol. The highest BCUT2D eigenvalue weighted by molar-refractivity contribution is 6.33. The first kappa shape index (κ1) is 13.2. The van der Waals surface area contributed by atoms with Gasteiger partial charge in [0.2, 0.25) is 0 Å². The zero-order chi connectivity index (χ0) is 14.0. The standard InChI is InChI=1S/C14H14ClN3O/c1-8-5-6-10(15)12(7-8)18-13-9(14(17)19)3-2-4-11(13)16/h2-7,18H,16H2,1H3,(H2,17,19). The zero-order valence-electron chi connectivity index (χ0n) is 10.4. The number of para-hydroxylation sites is 1. The van der Waals surface area contributed by atoms with Gasteiger partial charge in [0.05, 0.1) is 27.6 Å². The minimum absolute atomic E-state index is 0.331. The highest BCUT2D eigenvalue weighted by Gasteiger charge is 2.12. The molecule has 0 aliphatic rings. The maximum Gasteiger partial charge on any atom is 0.250 e. The fourth-order valence-corrected chi connectivity index (χ4v) is 1.95. The summed E-state index contributed by atoms with van der Waals surface area (Å²) >= 11 is 6.11. The number of rotatable bonds is 3. The van der Waals surface area contributed by atoms with E-state index >= 15 is 0 Å². The molecule has 0 aromatic heterocycles. The SMILES string of the molecule is Cc1ccc(Cl)c(Nc2c(N)cccc2C(N)=O)c1. The third-order valence-electron chi connectivity index (χ3n) is 2.74. The van der Waals surface area contributed by atoms with Crippen LogP contribution in [0.5, 0.6) is 0 Å². The molecule has 19 heavy (non-hydrogen) atoms. The number of anilines is 3. The summed E-state index contributed by atoms with van der Waals surface area (Å²) in [5.41, 5.74) is 14.2. The Balaban J connectivity index is 2.49. The molecule has 0 saturated carbocycles. The number of nitrogens with one attached hydrogen (secondary N) is 1. The Bertz CT molecular complexity index is 641. The molecule has 0 radical (unpaired) electrons. The molecule has 0 aliphatic carbocycles. The van der Waals surface area contributed by atoms with Crippen molar-refractivity contribution in [1.29, 1.82) is 0 Å². The van der Waals surface area contributed by atoms with E-state index in [1.165, 1.54) is 0 Å². The van der Waals surface area contributed by atoms with Crippen molar-refractivity contribution < 1.29 is 4.79 Å². The number of aryl methyl sites for hydroxylation is 1. The van der Waals surface area contributed by atoms with Crippen LogP contribution in [0.15, 0.2) is 36.4 Å². The van der Waals surface area contributed by atoms with Crippen molar-refractivity contribution in [2.75, 3.05) is 11.1 Å². The molecule has 0 atom stereocenters. The van der Waals surface area contributed by atoms with Gasteiger partial charge in [-0.25, -0.2) is 0 Å². The van der Waals surface area contributed by atoms with Gasteiger partial charge in [0.25, 0.3) is 5.91 Å². The van der Waals surface area contributed by atoms with Gasteiger partial charge in [0.1, 0.15) is 0 Å². The number of nitrogens with two attached hydrogens (primary N) is 2. The molecule has 2 aromatic carbocycles. The van der Waals surface area contributed by atoms with Crippen molar-refractivity contribution in [3.05, 3.63) is 52.5 Å². The second-order valence-electron chi connectivity index (χ2n) is 4.24. The molecule has 2 aromatic rings. The van der Waals surface area contributed by atoms with Crippen LogP contribution in [0.3, 0.4) is 0 Å². The molecule has 0 saturated heterocycles. The number of nitrogen functional groups attached to an aromatic ring is 1. The number of primary amides is 1. The Labute approximate surface area is 116 Å². The van der Waals surface area contributed by atoms with Crippen molar-refractivity contribution >= 4 is 34.6 Å². The predicted molar refractivity (Wildman–Crippen MR) is 78.8 cm³/mol. The number of carbonyl (C=O) groups is 1. The summed E-state index contributed by atoms with van der Waals surface area (Å²) in [5.74, 6) is -0.543. The van der Waals surface area contributed by atoms with Gasteiger partial charge in [-0.05, 0) is 36.8 Å². The first-order valence-electron chi connectivity index (χ1n) is 5.70. The van der Waals surface area contributed by atoms with Gasteiger partial charge in [-0.15, -0.1) is 0 Å². The van der Waals surface area contributed by atoms with E-state index in [4.69, 9.17) is 23.1 Å². The van der Waals surface area contributed by atoms with E-state index in [1.54, 1.807) is 24.3 Å². The summed E-state index contributed by atoms with van der Waals surface area (Å²) in [4.78, 5) is 11.4. The molecule has 0 heterocycles. The van der Waals surface area contributed by atoms with Gasteiger partial charge in [0.15, 0.2) is 0 Å². The number of benzene rings is 2. The number of hydrogen-bond acceptors (Lipinski definition) is 3. The fraction of sp³-hybridized carbons (Fsp3) is 0.0714. The average molecular weight is 276 g/mol. The maximum atomic E-state index is 11.4. The summed E-state index contributed by atoms with van der Waals surface area (Å²) in [6, 6.07) is 10.5. The minimum Gasteiger partial charge on any atom is -0.397 e. The van der Waals surface area contributed by atoms with Crippen LogP contribution < -0.4 is 16.8 Å². The van der Waals surface area contributed by atoms with Crippen LogP contribution in [0.4, 0.5) is 17.1 Å². The molecule has 4 nitrogen and oxygen atoms in total. The molecule has 5 N–H and O–H groups in total. The van der Waals surface area contributed by atoms with E-state index in [2.05, 4.69) is 5.32 Å². The van der Waals surface area contributed by atoms with E-state index < -0.39 is 5.91 Å². The van der Waals surface area contributed by atoms with E-state index in [0.717, 1.165) is 5.56 Å². The molecule has 1 amide bonds. The quantitative estimate of drug-likeness (QED) is 0.753. The van der Waals surface area contributed by atoms with Crippen LogP contribution in [0, 0.1) is 6.92 Å². The average Bonchev–Trinajstić information content (AvgIpc) is 2.35. The Morgan fingerprint density at radius 1 is 1.26 bits per heavy atom. The molecule has 2 rings (SSSR count). The normalized spacial score (nSPS) is 10.2. The third-order valence-corrected chi connectivity index (χ3v) is 3.07. The van der Waals surface area contributed by atoms with E-state index in [0.29, 0.717) is 27.6 Å². The van der Waals surface area contributed by atoms with E-state index in [-0.39, 0.29) is 0 Å². The summed E-state index contributed by atoms with van der Waals surface area (Å²) in [7, 11) is 0. The van der Waals surface area contributed by atoms with Crippen LogP contribution in [-0.2, 0) is 0 Å². The summed E-state index contributed by atoms with van der Waals surface area (Å²) in [6.07, 6.45) is 0. The van der Waals surface area contributed by atoms with Gasteiger partial charge in [-0.1, -0.05) is 23.7 Å². The first-order valence-corrected chi connectivity index (χ1v) is 6.08. The van der Waals surface area contributed by atoms with Gasteiger partial charge in [-0.3, -0.25) is 4.79 Å². The first-order chi connectivity index (χ1) is 8.99.